The predicted octanol–water partition coefficient (Wildman–Crippen LogP) is 3.51. The van der Waals surface area contributed by atoms with Crippen LogP contribution in [0.3, 0.4) is 0 Å². The van der Waals surface area contributed by atoms with Gasteiger partial charge in [0.25, 0.3) is 0 Å². The van der Waals surface area contributed by atoms with Crippen molar-refractivity contribution >= 4 is 6.03 Å². The van der Waals surface area contributed by atoms with Gasteiger partial charge in [0.15, 0.2) is 0 Å². The molecule has 2 aromatic carbocycles. The fourth-order valence-electron chi connectivity index (χ4n) is 2.32. The number of rotatable bonds is 6. The van der Waals surface area contributed by atoms with Gasteiger partial charge < -0.3 is 10.6 Å². The quantitative estimate of drug-likeness (QED) is 0.841. The van der Waals surface area contributed by atoms with Crippen molar-refractivity contribution in [1.29, 1.82) is 0 Å². The van der Waals surface area contributed by atoms with E-state index < -0.39 is 0 Å². The first kappa shape index (κ1) is 16.1. The minimum absolute atomic E-state index is 0.0853. The molecule has 0 aromatic heterocycles. The van der Waals surface area contributed by atoms with Crippen molar-refractivity contribution < 1.29 is 4.79 Å². The van der Waals surface area contributed by atoms with E-state index in [0.717, 1.165) is 6.42 Å². The number of nitrogens with one attached hydrogen (secondary N) is 2. The fraction of sp³-hybridized carbons (Fsp3) is 0.316. The molecule has 2 amide bonds. The van der Waals surface area contributed by atoms with Gasteiger partial charge in [0.2, 0.25) is 0 Å². The van der Waals surface area contributed by atoms with E-state index in [9.17, 15) is 4.79 Å². The minimum atomic E-state index is -0.111. The van der Waals surface area contributed by atoms with Gasteiger partial charge in [0.05, 0.1) is 0 Å². The third-order valence-corrected chi connectivity index (χ3v) is 3.79. The fourth-order valence-corrected chi connectivity index (χ4v) is 2.32. The zero-order valence-electron chi connectivity index (χ0n) is 13.3. The normalized spacial score (nSPS) is 11.0. The van der Waals surface area contributed by atoms with E-state index in [2.05, 4.69) is 48.7 Å². The highest BCUT2D eigenvalue weighted by Gasteiger charge is 2.20. The molecule has 0 aliphatic carbocycles. The summed E-state index contributed by atoms with van der Waals surface area (Å²) in [7, 11) is 0. The largest absolute Gasteiger partial charge is 0.338 e. The molecular formula is C19H24N2O. The van der Waals surface area contributed by atoms with E-state index in [1.54, 1.807) is 0 Å². The standard InChI is InChI=1S/C19H24N2O/c1-19(2,17-11-7-4-8-12-17)15-21-18(22)20-14-13-16-9-5-3-6-10-16/h3-12H,13-15H2,1-2H3,(H2,20,21,22). The molecule has 0 fully saturated rings. The average Bonchev–Trinajstić information content (AvgIpc) is 2.55. The molecule has 3 heteroatoms. The molecule has 0 saturated heterocycles. The molecule has 0 radical (unpaired) electrons. The Kier molecular flexibility index (Phi) is 5.59. The molecule has 3 nitrogen and oxygen atoms in total. The van der Waals surface area contributed by atoms with Crippen LogP contribution in [0.15, 0.2) is 60.7 Å². The molecular weight excluding hydrogens is 272 g/mol. The maximum atomic E-state index is 11.9. The molecule has 0 bridgehead atoms. The summed E-state index contributed by atoms with van der Waals surface area (Å²) < 4.78 is 0. The van der Waals surface area contributed by atoms with Crippen LogP contribution >= 0.6 is 0 Å². The molecule has 0 spiro atoms. The average molecular weight is 296 g/mol. The smallest absolute Gasteiger partial charge is 0.314 e. The highest BCUT2D eigenvalue weighted by atomic mass is 16.2. The molecule has 0 unspecified atom stereocenters. The van der Waals surface area contributed by atoms with Crippen LogP contribution in [0.25, 0.3) is 0 Å². The Hall–Kier alpha value is -2.29. The summed E-state index contributed by atoms with van der Waals surface area (Å²) in [5.74, 6) is 0. The predicted molar refractivity (Wildman–Crippen MR) is 91.0 cm³/mol. The number of carbonyl (C=O) groups is 1. The van der Waals surface area contributed by atoms with Crippen LogP contribution in [0.5, 0.6) is 0 Å². The summed E-state index contributed by atoms with van der Waals surface area (Å²) in [5.41, 5.74) is 2.37. The van der Waals surface area contributed by atoms with Crippen LogP contribution < -0.4 is 10.6 Å². The van der Waals surface area contributed by atoms with E-state index in [4.69, 9.17) is 0 Å². The number of carbonyl (C=O) groups excluding carboxylic acids is 1. The van der Waals surface area contributed by atoms with Crippen LogP contribution in [-0.2, 0) is 11.8 Å². The summed E-state index contributed by atoms with van der Waals surface area (Å²) in [6.45, 7) is 5.51. The molecule has 116 valence electrons. The van der Waals surface area contributed by atoms with Gasteiger partial charge in [0, 0.05) is 18.5 Å². The van der Waals surface area contributed by atoms with E-state index in [1.165, 1.54) is 11.1 Å². The second-order valence-corrected chi connectivity index (χ2v) is 6.09. The number of benzene rings is 2. The van der Waals surface area contributed by atoms with Gasteiger partial charge in [0.1, 0.15) is 0 Å². The lowest BCUT2D eigenvalue weighted by molar-refractivity contribution is 0.238. The van der Waals surface area contributed by atoms with E-state index in [-0.39, 0.29) is 11.4 Å². The molecule has 2 aromatic rings. The van der Waals surface area contributed by atoms with Gasteiger partial charge in [-0.15, -0.1) is 0 Å². The van der Waals surface area contributed by atoms with Gasteiger partial charge in [-0.2, -0.15) is 0 Å². The lowest BCUT2D eigenvalue weighted by atomic mass is 9.85. The summed E-state index contributed by atoms with van der Waals surface area (Å²) in [6, 6.07) is 20.3. The Bertz CT molecular complexity index is 579. The summed E-state index contributed by atoms with van der Waals surface area (Å²) in [4.78, 5) is 11.9. The maximum Gasteiger partial charge on any atom is 0.314 e. The Morgan fingerprint density at radius 1 is 0.909 bits per heavy atom. The lowest BCUT2D eigenvalue weighted by Gasteiger charge is -2.25. The van der Waals surface area contributed by atoms with Gasteiger partial charge >= 0.3 is 6.03 Å². The van der Waals surface area contributed by atoms with Gasteiger partial charge in [-0.3, -0.25) is 0 Å². The summed E-state index contributed by atoms with van der Waals surface area (Å²) >= 11 is 0. The minimum Gasteiger partial charge on any atom is -0.338 e. The Morgan fingerprint density at radius 3 is 2.14 bits per heavy atom. The topological polar surface area (TPSA) is 41.1 Å². The van der Waals surface area contributed by atoms with Gasteiger partial charge in [-0.1, -0.05) is 74.5 Å². The van der Waals surface area contributed by atoms with Crippen molar-refractivity contribution in [3.05, 3.63) is 71.8 Å². The van der Waals surface area contributed by atoms with Gasteiger partial charge in [-0.05, 0) is 17.5 Å². The summed E-state index contributed by atoms with van der Waals surface area (Å²) in [5, 5.41) is 5.86. The van der Waals surface area contributed by atoms with Crippen molar-refractivity contribution in [2.24, 2.45) is 0 Å². The lowest BCUT2D eigenvalue weighted by Crippen LogP contribution is -2.42. The number of amides is 2. The Balaban J connectivity index is 1.73. The molecule has 0 saturated carbocycles. The van der Waals surface area contributed by atoms with Crippen molar-refractivity contribution in [3.8, 4) is 0 Å². The first-order chi connectivity index (χ1) is 10.6. The zero-order valence-corrected chi connectivity index (χ0v) is 13.3. The second kappa shape index (κ2) is 7.64. The zero-order chi connectivity index (χ0) is 15.8. The number of hydrogen-bond acceptors (Lipinski definition) is 1. The third-order valence-electron chi connectivity index (χ3n) is 3.79. The number of hydrogen-bond donors (Lipinski definition) is 2. The molecule has 0 heterocycles. The second-order valence-electron chi connectivity index (χ2n) is 6.09. The molecule has 2 N–H and O–H groups in total. The highest BCUT2D eigenvalue weighted by Crippen LogP contribution is 2.21. The first-order valence-electron chi connectivity index (χ1n) is 7.69. The Labute approximate surface area is 132 Å². The first-order valence-corrected chi connectivity index (χ1v) is 7.69. The number of urea groups is 1. The van der Waals surface area contributed by atoms with E-state index in [0.29, 0.717) is 13.1 Å². The van der Waals surface area contributed by atoms with E-state index >= 15 is 0 Å². The van der Waals surface area contributed by atoms with Crippen LogP contribution in [0.1, 0.15) is 25.0 Å². The van der Waals surface area contributed by atoms with Crippen molar-refractivity contribution in [2.75, 3.05) is 13.1 Å². The van der Waals surface area contributed by atoms with Crippen molar-refractivity contribution in [1.82, 2.24) is 10.6 Å². The van der Waals surface area contributed by atoms with Crippen LogP contribution in [0.2, 0.25) is 0 Å². The van der Waals surface area contributed by atoms with Crippen molar-refractivity contribution in [3.63, 3.8) is 0 Å². The molecule has 0 atom stereocenters. The SMILES string of the molecule is CC(C)(CNC(=O)NCCc1ccccc1)c1ccccc1. The van der Waals surface area contributed by atoms with E-state index in [1.807, 2.05) is 36.4 Å². The monoisotopic (exact) mass is 296 g/mol. The molecule has 0 aliphatic heterocycles. The van der Waals surface area contributed by atoms with Gasteiger partial charge in [-0.25, -0.2) is 4.79 Å². The highest BCUT2D eigenvalue weighted by molar-refractivity contribution is 5.73. The molecule has 2 rings (SSSR count). The molecule has 22 heavy (non-hydrogen) atoms. The Morgan fingerprint density at radius 2 is 1.50 bits per heavy atom. The van der Waals surface area contributed by atoms with Crippen molar-refractivity contribution in [2.45, 2.75) is 25.7 Å². The van der Waals surface area contributed by atoms with Crippen LogP contribution in [0.4, 0.5) is 4.79 Å². The molecule has 0 aliphatic rings. The van der Waals surface area contributed by atoms with Crippen LogP contribution in [0, 0.1) is 0 Å². The maximum absolute atomic E-state index is 11.9. The van der Waals surface area contributed by atoms with Crippen LogP contribution in [-0.4, -0.2) is 19.1 Å². The third kappa shape index (κ3) is 4.92. The summed E-state index contributed by atoms with van der Waals surface area (Å²) in [6.07, 6.45) is 0.844.